The molecule has 0 aliphatic carbocycles. The summed E-state index contributed by atoms with van der Waals surface area (Å²) in [5.74, 6) is 0.218. The van der Waals surface area contributed by atoms with Crippen LogP contribution in [0.2, 0.25) is 10.0 Å². The Balaban J connectivity index is 2.63. The van der Waals surface area contributed by atoms with Gasteiger partial charge in [-0.25, -0.2) is 0 Å². The molecule has 0 atom stereocenters. The van der Waals surface area contributed by atoms with E-state index in [2.05, 4.69) is 13.2 Å². The highest BCUT2D eigenvalue weighted by Gasteiger charge is 2.12. The lowest BCUT2D eigenvalue weighted by atomic mass is 10.3. The number of nitrogens with zero attached hydrogens (tertiary/aromatic N) is 1. The summed E-state index contributed by atoms with van der Waals surface area (Å²) in [5, 5.41) is 0.914. The lowest BCUT2D eigenvalue weighted by Crippen LogP contribution is -2.35. The molecule has 1 rings (SSSR count). The second-order valence-electron chi connectivity index (χ2n) is 3.74. The summed E-state index contributed by atoms with van der Waals surface area (Å²) >= 11 is 11.8. The summed E-state index contributed by atoms with van der Waals surface area (Å²) in [6.07, 6.45) is 3.29. The Labute approximate surface area is 123 Å². The standard InChI is InChI=1S/C14H15Cl2NO2/c1-3-7-17(8-4-2)14(18)10-19-13-9-11(15)5-6-12(13)16/h3-6,9H,1-2,7-8,10H2. The second-order valence-corrected chi connectivity index (χ2v) is 4.58. The van der Waals surface area contributed by atoms with E-state index in [0.29, 0.717) is 28.9 Å². The molecule has 0 heterocycles. The zero-order chi connectivity index (χ0) is 14.3. The summed E-state index contributed by atoms with van der Waals surface area (Å²) in [4.78, 5) is 13.5. The predicted octanol–water partition coefficient (Wildman–Crippen LogP) is 3.57. The molecule has 0 aromatic heterocycles. The number of hydrogen-bond donors (Lipinski definition) is 0. The Morgan fingerprint density at radius 2 is 1.89 bits per heavy atom. The van der Waals surface area contributed by atoms with Crippen LogP contribution in [0.4, 0.5) is 0 Å². The van der Waals surface area contributed by atoms with Gasteiger partial charge in [0.1, 0.15) is 5.75 Å². The molecule has 1 aromatic rings. The van der Waals surface area contributed by atoms with Crippen molar-refractivity contribution in [2.24, 2.45) is 0 Å². The highest BCUT2D eigenvalue weighted by molar-refractivity contribution is 6.34. The van der Waals surface area contributed by atoms with Gasteiger partial charge in [-0.3, -0.25) is 4.79 Å². The molecular weight excluding hydrogens is 285 g/mol. The van der Waals surface area contributed by atoms with E-state index in [0.717, 1.165) is 0 Å². The first kappa shape index (κ1) is 15.6. The van der Waals surface area contributed by atoms with Crippen LogP contribution in [0.25, 0.3) is 0 Å². The van der Waals surface area contributed by atoms with Crippen LogP contribution in [-0.2, 0) is 4.79 Å². The first-order valence-corrected chi connectivity index (χ1v) is 6.41. The number of rotatable bonds is 7. The average Bonchev–Trinajstić information content (AvgIpc) is 2.39. The Kier molecular flexibility index (Phi) is 6.46. The minimum Gasteiger partial charge on any atom is -0.482 e. The maximum atomic E-state index is 11.9. The third kappa shape index (κ3) is 4.97. The van der Waals surface area contributed by atoms with Crippen LogP contribution in [0.1, 0.15) is 0 Å². The van der Waals surface area contributed by atoms with Gasteiger partial charge in [0.15, 0.2) is 6.61 Å². The van der Waals surface area contributed by atoms with Crippen molar-refractivity contribution in [3.63, 3.8) is 0 Å². The van der Waals surface area contributed by atoms with Gasteiger partial charge >= 0.3 is 0 Å². The molecule has 0 aliphatic rings. The molecule has 0 bridgehead atoms. The summed E-state index contributed by atoms with van der Waals surface area (Å²) in [6, 6.07) is 4.84. The predicted molar refractivity (Wildman–Crippen MR) is 78.9 cm³/mol. The average molecular weight is 300 g/mol. The van der Waals surface area contributed by atoms with Crippen LogP contribution >= 0.6 is 23.2 Å². The van der Waals surface area contributed by atoms with Crippen molar-refractivity contribution in [1.29, 1.82) is 0 Å². The highest BCUT2D eigenvalue weighted by atomic mass is 35.5. The van der Waals surface area contributed by atoms with Crippen molar-refractivity contribution >= 4 is 29.1 Å². The van der Waals surface area contributed by atoms with Crippen molar-refractivity contribution in [3.8, 4) is 5.75 Å². The van der Waals surface area contributed by atoms with E-state index in [1.54, 1.807) is 35.3 Å². The molecule has 0 N–H and O–H groups in total. The van der Waals surface area contributed by atoms with Crippen LogP contribution in [0.5, 0.6) is 5.75 Å². The third-order valence-electron chi connectivity index (χ3n) is 2.30. The molecule has 0 saturated carbocycles. The van der Waals surface area contributed by atoms with Crippen LogP contribution in [-0.4, -0.2) is 30.5 Å². The number of carbonyl (C=O) groups is 1. The van der Waals surface area contributed by atoms with Crippen molar-refractivity contribution < 1.29 is 9.53 Å². The number of halogens is 2. The highest BCUT2D eigenvalue weighted by Crippen LogP contribution is 2.27. The molecule has 1 amide bonds. The minimum atomic E-state index is -0.171. The molecule has 0 aliphatic heterocycles. The smallest absolute Gasteiger partial charge is 0.261 e. The molecule has 0 spiro atoms. The number of ether oxygens (including phenoxy) is 1. The summed E-state index contributed by atoms with van der Waals surface area (Å²) in [6.45, 7) is 7.98. The van der Waals surface area contributed by atoms with Crippen molar-refractivity contribution in [3.05, 3.63) is 53.6 Å². The van der Waals surface area contributed by atoms with Gasteiger partial charge in [-0.1, -0.05) is 35.4 Å². The number of amides is 1. The molecule has 0 fully saturated rings. The number of carbonyl (C=O) groups excluding carboxylic acids is 1. The SMILES string of the molecule is C=CCN(CC=C)C(=O)COc1cc(Cl)ccc1Cl. The van der Waals surface area contributed by atoms with Gasteiger partial charge < -0.3 is 9.64 Å². The fourth-order valence-electron chi connectivity index (χ4n) is 1.41. The van der Waals surface area contributed by atoms with Crippen molar-refractivity contribution in [2.45, 2.75) is 0 Å². The molecule has 102 valence electrons. The molecule has 1 aromatic carbocycles. The Morgan fingerprint density at radius 1 is 1.26 bits per heavy atom. The van der Waals surface area contributed by atoms with E-state index >= 15 is 0 Å². The van der Waals surface area contributed by atoms with Gasteiger partial charge in [0.2, 0.25) is 0 Å². The largest absolute Gasteiger partial charge is 0.482 e. The molecule has 0 unspecified atom stereocenters. The maximum Gasteiger partial charge on any atom is 0.261 e. The summed E-state index contributed by atoms with van der Waals surface area (Å²) < 4.78 is 5.38. The summed E-state index contributed by atoms with van der Waals surface area (Å²) in [7, 11) is 0. The molecule has 3 nitrogen and oxygen atoms in total. The topological polar surface area (TPSA) is 29.5 Å². The first-order valence-electron chi connectivity index (χ1n) is 5.66. The summed E-state index contributed by atoms with van der Waals surface area (Å²) in [5.41, 5.74) is 0. The van der Waals surface area contributed by atoms with E-state index in [4.69, 9.17) is 27.9 Å². The minimum absolute atomic E-state index is 0.109. The monoisotopic (exact) mass is 299 g/mol. The van der Waals surface area contributed by atoms with E-state index in [1.165, 1.54) is 0 Å². The lowest BCUT2D eigenvalue weighted by molar-refractivity contribution is -0.132. The zero-order valence-electron chi connectivity index (χ0n) is 10.4. The van der Waals surface area contributed by atoms with Gasteiger partial charge in [-0.05, 0) is 12.1 Å². The quantitative estimate of drug-likeness (QED) is 0.720. The molecule has 19 heavy (non-hydrogen) atoms. The Bertz CT molecular complexity index is 465. The van der Waals surface area contributed by atoms with Crippen LogP contribution in [0.3, 0.4) is 0 Å². The zero-order valence-corrected chi connectivity index (χ0v) is 12.0. The molecule has 0 radical (unpaired) electrons. The molecule has 5 heteroatoms. The number of benzene rings is 1. The second kappa shape index (κ2) is 7.87. The van der Waals surface area contributed by atoms with Crippen LogP contribution in [0.15, 0.2) is 43.5 Å². The van der Waals surface area contributed by atoms with E-state index in [-0.39, 0.29) is 12.5 Å². The molecule has 0 saturated heterocycles. The normalized spacial score (nSPS) is 9.79. The van der Waals surface area contributed by atoms with Gasteiger partial charge in [-0.2, -0.15) is 0 Å². The fourth-order valence-corrected chi connectivity index (χ4v) is 1.74. The third-order valence-corrected chi connectivity index (χ3v) is 2.84. The van der Waals surface area contributed by atoms with Crippen LogP contribution < -0.4 is 4.74 Å². The maximum absolute atomic E-state index is 11.9. The van der Waals surface area contributed by atoms with Gasteiger partial charge in [0.25, 0.3) is 5.91 Å². The van der Waals surface area contributed by atoms with E-state index in [9.17, 15) is 4.79 Å². The Hall–Kier alpha value is -1.45. The van der Waals surface area contributed by atoms with Gasteiger partial charge in [0, 0.05) is 24.2 Å². The van der Waals surface area contributed by atoms with Gasteiger partial charge in [0.05, 0.1) is 5.02 Å². The molecular formula is C14H15Cl2NO2. The van der Waals surface area contributed by atoms with Crippen LogP contribution in [0, 0.1) is 0 Å². The van der Waals surface area contributed by atoms with Crippen molar-refractivity contribution in [2.75, 3.05) is 19.7 Å². The van der Waals surface area contributed by atoms with Gasteiger partial charge in [-0.15, -0.1) is 13.2 Å². The Morgan fingerprint density at radius 3 is 2.47 bits per heavy atom. The number of hydrogen-bond acceptors (Lipinski definition) is 2. The van der Waals surface area contributed by atoms with Crippen molar-refractivity contribution in [1.82, 2.24) is 4.90 Å². The lowest BCUT2D eigenvalue weighted by Gasteiger charge is -2.19. The van der Waals surface area contributed by atoms with E-state index in [1.807, 2.05) is 0 Å². The van der Waals surface area contributed by atoms with E-state index < -0.39 is 0 Å². The first-order chi connectivity index (χ1) is 9.08. The fraction of sp³-hybridized carbons (Fsp3) is 0.214.